The largest absolute Gasteiger partial charge is 0.329 e. The normalized spacial score (nSPS) is 17.6. The smallest absolute Gasteiger partial charge is 0.180 e. The van der Waals surface area contributed by atoms with Gasteiger partial charge >= 0.3 is 0 Å². The molecular formula is C22H27N7S. The summed E-state index contributed by atoms with van der Waals surface area (Å²) in [7, 11) is 0. The average molecular weight is 422 g/mol. The van der Waals surface area contributed by atoms with Gasteiger partial charge in [-0.3, -0.25) is 14.4 Å². The van der Waals surface area contributed by atoms with Gasteiger partial charge in [0.25, 0.3) is 0 Å². The number of anilines is 2. The van der Waals surface area contributed by atoms with Crippen LogP contribution in [-0.2, 0) is 6.54 Å². The van der Waals surface area contributed by atoms with Gasteiger partial charge < -0.3 is 5.32 Å². The topological polar surface area (TPSA) is 74.1 Å². The molecule has 1 fully saturated rings. The van der Waals surface area contributed by atoms with Gasteiger partial charge in [-0.05, 0) is 50.8 Å². The predicted molar refractivity (Wildman–Crippen MR) is 121 cm³/mol. The maximum Gasteiger partial charge on any atom is 0.180 e. The number of piperidine rings is 1. The van der Waals surface area contributed by atoms with Gasteiger partial charge in [0.1, 0.15) is 0 Å². The molecule has 0 saturated carbocycles. The van der Waals surface area contributed by atoms with E-state index in [0.717, 1.165) is 45.9 Å². The highest BCUT2D eigenvalue weighted by atomic mass is 32.1. The van der Waals surface area contributed by atoms with Crippen LogP contribution in [-0.4, -0.2) is 42.6 Å². The van der Waals surface area contributed by atoms with Crippen LogP contribution in [0.4, 0.5) is 10.8 Å². The maximum atomic E-state index is 4.73. The minimum Gasteiger partial charge on any atom is -0.329 e. The summed E-state index contributed by atoms with van der Waals surface area (Å²) in [6, 6.07) is 2.23. The van der Waals surface area contributed by atoms with Crippen molar-refractivity contribution in [1.29, 1.82) is 0 Å². The zero-order valence-corrected chi connectivity index (χ0v) is 18.5. The highest BCUT2D eigenvalue weighted by molar-refractivity contribution is 7.16. The van der Waals surface area contributed by atoms with Crippen LogP contribution in [0.3, 0.4) is 0 Å². The molecule has 5 heterocycles. The van der Waals surface area contributed by atoms with E-state index >= 15 is 0 Å². The fourth-order valence-electron chi connectivity index (χ4n) is 4.29. The molecule has 2 N–H and O–H groups in total. The molecule has 1 unspecified atom stereocenters. The summed E-state index contributed by atoms with van der Waals surface area (Å²) in [6.07, 6.45) is 10.2. The molecule has 30 heavy (non-hydrogen) atoms. The third-order valence-electron chi connectivity index (χ3n) is 5.78. The lowest BCUT2D eigenvalue weighted by Crippen LogP contribution is -2.33. The second-order valence-electron chi connectivity index (χ2n) is 8.38. The molecule has 0 aromatic carbocycles. The summed E-state index contributed by atoms with van der Waals surface area (Å²) in [4.78, 5) is 13.4. The molecule has 156 valence electrons. The van der Waals surface area contributed by atoms with E-state index < -0.39 is 0 Å². The number of likely N-dealkylation sites (tertiary alicyclic amines) is 1. The van der Waals surface area contributed by atoms with E-state index in [1.165, 1.54) is 36.4 Å². The van der Waals surface area contributed by atoms with E-state index in [1.807, 2.05) is 43.0 Å². The third kappa shape index (κ3) is 3.73. The maximum absolute atomic E-state index is 4.73. The van der Waals surface area contributed by atoms with Gasteiger partial charge in [-0.1, -0.05) is 6.92 Å². The van der Waals surface area contributed by atoms with Gasteiger partial charge in [0.05, 0.1) is 28.8 Å². The minimum atomic E-state index is 0.782. The molecule has 8 heteroatoms. The molecule has 5 rings (SSSR count). The molecule has 0 aliphatic carbocycles. The summed E-state index contributed by atoms with van der Waals surface area (Å²) in [5.74, 6) is 1.58. The van der Waals surface area contributed by atoms with Crippen LogP contribution in [0.2, 0.25) is 0 Å². The Morgan fingerprint density at radius 3 is 3.00 bits per heavy atom. The van der Waals surface area contributed by atoms with Crippen LogP contribution in [0, 0.1) is 19.8 Å². The molecule has 0 spiro atoms. The van der Waals surface area contributed by atoms with Gasteiger partial charge in [0.2, 0.25) is 0 Å². The quantitative estimate of drug-likeness (QED) is 0.485. The van der Waals surface area contributed by atoms with Gasteiger partial charge in [0, 0.05) is 35.9 Å². The second-order valence-corrected chi connectivity index (χ2v) is 9.52. The van der Waals surface area contributed by atoms with Crippen molar-refractivity contribution >= 4 is 27.8 Å². The summed E-state index contributed by atoms with van der Waals surface area (Å²) < 4.78 is 2.08. The van der Waals surface area contributed by atoms with Gasteiger partial charge in [-0.2, -0.15) is 5.10 Å². The molecule has 1 saturated heterocycles. The number of hydrogen-bond donors (Lipinski definition) is 2. The van der Waals surface area contributed by atoms with Crippen LogP contribution < -0.4 is 5.32 Å². The molecule has 1 aliphatic heterocycles. The van der Waals surface area contributed by atoms with Crippen molar-refractivity contribution in [2.24, 2.45) is 5.92 Å². The van der Waals surface area contributed by atoms with Crippen molar-refractivity contribution in [2.45, 2.75) is 40.2 Å². The molecule has 4 aromatic heterocycles. The Bertz CT molecular complexity index is 1160. The van der Waals surface area contributed by atoms with E-state index in [-0.39, 0.29) is 0 Å². The third-order valence-corrected chi connectivity index (χ3v) is 6.91. The Morgan fingerprint density at radius 2 is 2.20 bits per heavy atom. The van der Waals surface area contributed by atoms with Crippen molar-refractivity contribution in [3.05, 3.63) is 47.0 Å². The SMILES string of the molecule is Cc1cn2c(-c3cn[nH]c3)cnc2c(Nc2cc(C)c(CN3CCCC(C)C3)s2)n1. The minimum absolute atomic E-state index is 0.782. The van der Waals surface area contributed by atoms with Crippen molar-refractivity contribution < 1.29 is 0 Å². The Balaban J connectivity index is 1.42. The number of aryl methyl sites for hydroxylation is 2. The van der Waals surface area contributed by atoms with Crippen LogP contribution in [0.15, 0.2) is 30.9 Å². The Kier molecular flexibility index (Phi) is 5.04. The number of thiophene rings is 1. The Hall–Kier alpha value is -2.71. The van der Waals surface area contributed by atoms with Crippen molar-refractivity contribution in [1.82, 2.24) is 29.5 Å². The van der Waals surface area contributed by atoms with Crippen molar-refractivity contribution in [3.63, 3.8) is 0 Å². The van der Waals surface area contributed by atoms with Crippen LogP contribution in [0.1, 0.15) is 35.9 Å². The number of H-pyrrole nitrogens is 1. The second kappa shape index (κ2) is 7.85. The lowest BCUT2D eigenvalue weighted by molar-refractivity contribution is 0.178. The molecule has 7 nitrogen and oxygen atoms in total. The number of aromatic nitrogens is 5. The van der Waals surface area contributed by atoms with Gasteiger partial charge in [0.15, 0.2) is 11.5 Å². The van der Waals surface area contributed by atoms with Crippen LogP contribution in [0.5, 0.6) is 0 Å². The zero-order chi connectivity index (χ0) is 20.7. The van der Waals surface area contributed by atoms with Crippen molar-refractivity contribution in [3.8, 4) is 11.3 Å². The highest BCUT2D eigenvalue weighted by Crippen LogP contribution is 2.32. The lowest BCUT2D eigenvalue weighted by atomic mass is 10.0. The molecule has 0 radical (unpaired) electrons. The molecule has 0 amide bonds. The van der Waals surface area contributed by atoms with Gasteiger partial charge in [-0.15, -0.1) is 11.3 Å². The van der Waals surface area contributed by atoms with E-state index in [4.69, 9.17) is 4.98 Å². The first-order chi connectivity index (χ1) is 14.6. The van der Waals surface area contributed by atoms with E-state index in [2.05, 4.69) is 49.7 Å². The first kappa shape index (κ1) is 19.3. The first-order valence-corrected chi connectivity index (χ1v) is 11.3. The Morgan fingerprint density at radius 1 is 1.30 bits per heavy atom. The number of imidazole rings is 1. The van der Waals surface area contributed by atoms with Crippen molar-refractivity contribution in [2.75, 3.05) is 18.4 Å². The number of fused-ring (bicyclic) bond motifs is 1. The highest BCUT2D eigenvalue weighted by Gasteiger charge is 2.19. The molecule has 1 atom stereocenters. The number of rotatable bonds is 5. The standard InChI is InChI=1S/C22H27N7S/c1-14-5-4-6-28(11-14)13-19-15(2)7-20(30-19)27-21-22-23-10-18(17-8-24-25-9-17)29(22)12-16(3)26-21/h7-10,12,14H,4-6,11,13H2,1-3H3,(H,24,25)(H,26,27). The average Bonchev–Trinajstić information content (AvgIpc) is 3.42. The van der Waals surface area contributed by atoms with E-state index in [9.17, 15) is 0 Å². The fraction of sp³-hybridized carbons (Fsp3) is 0.409. The predicted octanol–water partition coefficient (Wildman–Crippen LogP) is 4.77. The molecular weight excluding hydrogens is 394 g/mol. The first-order valence-electron chi connectivity index (χ1n) is 10.5. The fourth-order valence-corrected chi connectivity index (χ4v) is 5.40. The number of nitrogens with one attached hydrogen (secondary N) is 2. The van der Waals surface area contributed by atoms with Gasteiger partial charge in [-0.25, -0.2) is 9.97 Å². The lowest BCUT2D eigenvalue weighted by Gasteiger charge is -2.30. The number of nitrogens with zero attached hydrogens (tertiary/aromatic N) is 5. The molecule has 0 bridgehead atoms. The van der Waals surface area contributed by atoms with Crippen LogP contribution in [0.25, 0.3) is 16.9 Å². The summed E-state index contributed by atoms with van der Waals surface area (Å²) >= 11 is 1.82. The summed E-state index contributed by atoms with van der Waals surface area (Å²) in [5.41, 5.74) is 5.09. The van der Waals surface area contributed by atoms with E-state index in [0.29, 0.717) is 0 Å². The zero-order valence-electron chi connectivity index (χ0n) is 17.6. The monoisotopic (exact) mass is 421 g/mol. The summed E-state index contributed by atoms with van der Waals surface area (Å²) in [5, 5.41) is 11.6. The van der Waals surface area contributed by atoms with Crippen LogP contribution >= 0.6 is 11.3 Å². The number of hydrogen-bond acceptors (Lipinski definition) is 6. The number of aromatic amines is 1. The Labute approximate surface area is 180 Å². The van der Waals surface area contributed by atoms with E-state index in [1.54, 1.807) is 0 Å². The molecule has 1 aliphatic rings. The summed E-state index contributed by atoms with van der Waals surface area (Å²) in [6.45, 7) is 10.0. The molecule has 4 aromatic rings.